The Kier molecular flexibility index (Phi) is 7.14. The number of ether oxygens (including phenoxy) is 2. The maximum Gasteiger partial charge on any atom is 0.257 e. The third kappa shape index (κ3) is 6.04. The largest absolute Gasteiger partial charge is 0.491 e. The molecule has 4 rings (SSSR count). The monoisotopic (exact) mass is 452 g/mol. The molecule has 0 radical (unpaired) electrons. The quantitative estimate of drug-likeness (QED) is 0.397. The number of carbonyl (C=O) groups excluding carboxylic acids is 1. The summed E-state index contributed by atoms with van der Waals surface area (Å²) in [4.78, 5) is 12.5. The van der Waals surface area contributed by atoms with Crippen LogP contribution in [0.5, 0.6) is 5.75 Å². The fourth-order valence-corrected chi connectivity index (χ4v) is 4.68. The van der Waals surface area contributed by atoms with Gasteiger partial charge in [-0.3, -0.25) is 10.1 Å². The normalized spacial score (nSPS) is 15.4. The summed E-state index contributed by atoms with van der Waals surface area (Å²) >= 11 is 2.86. The lowest BCUT2D eigenvalue weighted by Gasteiger charge is -2.11. The summed E-state index contributed by atoms with van der Waals surface area (Å²) in [5.41, 5.74) is 2.25. The fraction of sp³-hybridized carbons (Fsp3) is 0.273. The minimum Gasteiger partial charge on any atom is -0.491 e. The molecular weight excluding hydrogens is 432 g/mol. The molecule has 1 fully saturated rings. The van der Waals surface area contributed by atoms with Gasteiger partial charge in [0.05, 0.1) is 17.7 Å². The highest BCUT2D eigenvalue weighted by molar-refractivity contribution is 8.00. The van der Waals surface area contributed by atoms with Crippen molar-refractivity contribution < 1.29 is 14.3 Å². The lowest BCUT2D eigenvalue weighted by atomic mass is 10.2. The number of hydrogen-bond donors (Lipinski definition) is 1. The zero-order valence-electron chi connectivity index (χ0n) is 16.6. The molecule has 1 atom stereocenters. The van der Waals surface area contributed by atoms with Gasteiger partial charge in [-0.1, -0.05) is 35.2 Å². The number of aromatic nitrogens is 2. The van der Waals surface area contributed by atoms with E-state index in [1.165, 1.54) is 23.1 Å². The zero-order valence-corrected chi connectivity index (χ0v) is 18.2. The van der Waals surface area contributed by atoms with Gasteiger partial charge in [-0.2, -0.15) is 5.26 Å². The molecular formula is C22H20N4O3S2. The Hall–Kier alpha value is -2.93. The van der Waals surface area contributed by atoms with E-state index in [0.29, 0.717) is 34.4 Å². The van der Waals surface area contributed by atoms with Crippen molar-refractivity contribution in [2.45, 2.75) is 29.0 Å². The first-order valence-electron chi connectivity index (χ1n) is 9.81. The number of nitriles is 1. The lowest BCUT2D eigenvalue weighted by molar-refractivity contribution is 0.0679. The number of rotatable bonds is 8. The van der Waals surface area contributed by atoms with Gasteiger partial charge < -0.3 is 9.47 Å². The second-order valence-corrected chi connectivity index (χ2v) is 9.10. The number of carbonyl (C=O) groups is 1. The minimum absolute atomic E-state index is 0.157. The predicted octanol–water partition coefficient (Wildman–Crippen LogP) is 4.51. The van der Waals surface area contributed by atoms with E-state index < -0.39 is 0 Å². The van der Waals surface area contributed by atoms with Gasteiger partial charge in [-0.05, 0) is 54.8 Å². The van der Waals surface area contributed by atoms with E-state index in [1.807, 2.05) is 12.1 Å². The van der Waals surface area contributed by atoms with E-state index in [0.717, 1.165) is 29.4 Å². The van der Waals surface area contributed by atoms with Crippen LogP contribution in [0.3, 0.4) is 0 Å². The van der Waals surface area contributed by atoms with Gasteiger partial charge in [0.25, 0.3) is 5.91 Å². The molecule has 7 nitrogen and oxygen atoms in total. The van der Waals surface area contributed by atoms with Crippen LogP contribution in [-0.2, 0) is 10.5 Å². The third-order valence-corrected chi connectivity index (χ3v) is 6.69. The lowest BCUT2D eigenvalue weighted by Crippen LogP contribution is -2.16. The molecule has 1 aromatic heterocycles. The maximum atomic E-state index is 12.5. The molecule has 1 amide bonds. The predicted molar refractivity (Wildman–Crippen MR) is 119 cm³/mol. The molecule has 0 saturated carbocycles. The Morgan fingerprint density at radius 1 is 1.23 bits per heavy atom. The second kappa shape index (κ2) is 10.4. The Labute approximate surface area is 188 Å². The average molecular weight is 453 g/mol. The molecule has 1 aliphatic rings. The van der Waals surface area contributed by atoms with Crippen molar-refractivity contribution in [1.29, 1.82) is 5.26 Å². The molecule has 2 aromatic carbocycles. The molecule has 2 heterocycles. The standard InChI is InChI=1S/C22H20N4O3S2/c23-12-15-3-5-16(6-4-15)14-30-22-26-25-21(31-22)24-20(27)17-7-9-18(10-8-17)29-13-19-2-1-11-28-19/h3-10,19H,1-2,11,13-14H2,(H,24,25,27). The molecule has 31 heavy (non-hydrogen) atoms. The summed E-state index contributed by atoms with van der Waals surface area (Å²) in [6.07, 6.45) is 2.26. The summed E-state index contributed by atoms with van der Waals surface area (Å²) < 4.78 is 12.0. The first-order chi connectivity index (χ1) is 15.2. The van der Waals surface area contributed by atoms with Crippen LogP contribution in [0.1, 0.15) is 34.3 Å². The summed E-state index contributed by atoms with van der Waals surface area (Å²) in [6, 6.07) is 16.5. The van der Waals surface area contributed by atoms with Crippen LogP contribution in [0.25, 0.3) is 0 Å². The van der Waals surface area contributed by atoms with Crippen molar-refractivity contribution >= 4 is 34.1 Å². The highest BCUT2D eigenvalue weighted by Crippen LogP contribution is 2.28. The number of thioether (sulfide) groups is 1. The average Bonchev–Trinajstić information content (AvgIpc) is 3.49. The van der Waals surface area contributed by atoms with Crippen molar-refractivity contribution in [2.75, 3.05) is 18.5 Å². The van der Waals surface area contributed by atoms with Crippen LogP contribution in [0.2, 0.25) is 0 Å². The van der Waals surface area contributed by atoms with Gasteiger partial charge >= 0.3 is 0 Å². The summed E-state index contributed by atoms with van der Waals surface area (Å²) in [7, 11) is 0. The number of nitrogens with one attached hydrogen (secondary N) is 1. The summed E-state index contributed by atoms with van der Waals surface area (Å²) in [6.45, 7) is 1.33. The van der Waals surface area contributed by atoms with E-state index in [2.05, 4.69) is 21.6 Å². The highest BCUT2D eigenvalue weighted by atomic mass is 32.2. The van der Waals surface area contributed by atoms with Gasteiger partial charge in [-0.25, -0.2) is 0 Å². The molecule has 158 valence electrons. The minimum atomic E-state index is -0.245. The van der Waals surface area contributed by atoms with Gasteiger partial charge in [0.1, 0.15) is 12.4 Å². The van der Waals surface area contributed by atoms with E-state index in [-0.39, 0.29) is 12.0 Å². The molecule has 3 aromatic rings. The number of hydrogen-bond acceptors (Lipinski definition) is 8. The van der Waals surface area contributed by atoms with Crippen LogP contribution >= 0.6 is 23.1 Å². The molecule has 9 heteroatoms. The smallest absolute Gasteiger partial charge is 0.257 e. The van der Waals surface area contributed by atoms with Gasteiger partial charge in [0.2, 0.25) is 5.13 Å². The van der Waals surface area contributed by atoms with Crippen molar-refractivity contribution in [2.24, 2.45) is 0 Å². The molecule has 0 spiro atoms. The maximum absolute atomic E-state index is 12.5. The van der Waals surface area contributed by atoms with Crippen molar-refractivity contribution in [3.05, 3.63) is 65.2 Å². The van der Waals surface area contributed by atoms with Gasteiger partial charge in [0, 0.05) is 17.9 Å². The molecule has 1 aliphatic heterocycles. The molecule has 0 aliphatic carbocycles. The Bertz CT molecular complexity index is 1060. The van der Waals surface area contributed by atoms with E-state index in [1.54, 1.807) is 36.4 Å². The van der Waals surface area contributed by atoms with Crippen molar-refractivity contribution in [1.82, 2.24) is 10.2 Å². The Balaban J connectivity index is 1.26. The molecule has 1 unspecified atom stereocenters. The first kappa shape index (κ1) is 21.3. The van der Waals surface area contributed by atoms with Crippen LogP contribution in [-0.4, -0.2) is 35.4 Å². The van der Waals surface area contributed by atoms with E-state index >= 15 is 0 Å². The third-order valence-electron chi connectivity index (χ3n) is 4.65. The topological polar surface area (TPSA) is 97.1 Å². The second-order valence-electron chi connectivity index (χ2n) is 6.90. The first-order valence-corrected chi connectivity index (χ1v) is 11.6. The number of amides is 1. The summed E-state index contributed by atoms with van der Waals surface area (Å²) in [5.74, 6) is 1.18. The molecule has 0 bridgehead atoms. The molecule has 1 saturated heterocycles. The van der Waals surface area contributed by atoms with Crippen LogP contribution < -0.4 is 10.1 Å². The van der Waals surface area contributed by atoms with Gasteiger partial charge in [-0.15, -0.1) is 10.2 Å². The van der Waals surface area contributed by atoms with Crippen LogP contribution in [0.4, 0.5) is 5.13 Å². The Morgan fingerprint density at radius 2 is 2.03 bits per heavy atom. The number of benzene rings is 2. The van der Waals surface area contributed by atoms with Crippen LogP contribution in [0, 0.1) is 11.3 Å². The number of nitrogens with zero attached hydrogens (tertiary/aromatic N) is 3. The zero-order chi connectivity index (χ0) is 21.5. The van der Waals surface area contributed by atoms with Crippen molar-refractivity contribution in [3.63, 3.8) is 0 Å². The van der Waals surface area contributed by atoms with Crippen LogP contribution in [0.15, 0.2) is 52.9 Å². The SMILES string of the molecule is N#Cc1ccc(CSc2nnc(NC(=O)c3ccc(OCC4CCCO4)cc3)s2)cc1. The summed E-state index contributed by atoms with van der Waals surface area (Å²) in [5, 5.41) is 20.3. The number of anilines is 1. The van der Waals surface area contributed by atoms with E-state index in [9.17, 15) is 4.79 Å². The van der Waals surface area contributed by atoms with Gasteiger partial charge in [0.15, 0.2) is 4.34 Å². The molecule has 1 N–H and O–H groups in total. The van der Waals surface area contributed by atoms with E-state index in [4.69, 9.17) is 14.7 Å². The highest BCUT2D eigenvalue weighted by Gasteiger charge is 2.16. The fourth-order valence-electron chi connectivity index (χ4n) is 2.98. The Morgan fingerprint density at radius 3 is 2.74 bits per heavy atom. The van der Waals surface area contributed by atoms with Crippen molar-refractivity contribution in [3.8, 4) is 11.8 Å².